The normalized spacial score (nSPS) is 18.9. The Hall–Kier alpha value is -0.380. The van der Waals surface area contributed by atoms with E-state index in [0.717, 1.165) is 0 Å². The average Bonchev–Trinajstić information content (AvgIpc) is 3.07. The predicted octanol–water partition coefficient (Wildman–Crippen LogP) is 3.97. The van der Waals surface area contributed by atoms with Crippen LogP contribution in [0.15, 0.2) is 11.4 Å². The van der Waals surface area contributed by atoms with Crippen LogP contribution in [0.5, 0.6) is 0 Å². The summed E-state index contributed by atoms with van der Waals surface area (Å²) in [7, 11) is 2.12. The molecule has 0 bridgehead atoms. The Bertz CT molecular complexity index is 389. The van der Waals surface area contributed by atoms with Crippen LogP contribution < -0.4 is 5.32 Å². The van der Waals surface area contributed by atoms with E-state index in [1.807, 2.05) is 11.3 Å². The summed E-state index contributed by atoms with van der Waals surface area (Å²) in [5.41, 5.74) is 1.75. The molecule has 1 aromatic rings. The molecule has 1 aliphatic rings. The molecule has 0 aliphatic carbocycles. The van der Waals surface area contributed by atoms with Crippen molar-refractivity contribution in [2.24, 2.45) is 0 Å². The van der Waals surface area contributed by atoms with E-state index in [1.165, 1.54) is 49.2 Å². The summed E-state index contributed by atoms with van der Waals surface area (Å²) in [4.78, 5) is 4.15. The molecule has 2 nitrogen and oxygen atoms in total. The van der Waals surface area contributed by atoms with Crippen LogP contribution in [0.2, 0.25) is 0 Å². The highest BCUT2D eigenvalue weighted by molar-refractivity contribution is 7.10. The van der Waals surface area contributed by atoms with E-state index in [4.69, 9.17) is 0 Å². The number of nitrogens with one attached hydrogen (secondary N) is 1. The molecular weight excluding hydrogens is 252 g/mol. The molecule has 2 heterocycles. The highest BCUT2D eigenvalue weighted by Crippen LogP contribution is 2.40. The molecule has 108 valence electrons. The average molecular weight is 280 g/mol. The topological polar surface area (TPSA) is 15.3 Å². The smallest absolute Gasteiger partial charge is 0.0512 e. The van der Waals surface area contributed by atoms with Gasteiger partial charge in [-0.3, -0.25) is 4.90 Å². The van der Waals surface area contributed by atoms with Gasteiger partial charge < -0.3 is 5.32 Å². The van der Waals surface area contributed by atoms with E-state index < -0.39 is 0 Å². The molecule has 0 saturated carbocycles. The van der Waals surface area contributed by atoms with E-state index in [0.29, 0.717) is 6.04 Å². The zero-order chi connectivity index (χ0) is 13.9. The van der Waals surface area contributed by atoms with Crippen molar-refractivity contribution in [2.45, 2.75) is 58.0 Å². The first kappa shape index (κ1) is 15.0. The zero-order valence-corrected chi connectivity index (χ0v) is 13.6. The fourth-order valence-electron chi connectivity index (χ4n) is 3.81. The van der Waals surface area contributed by atoms with Crippen molar-refractivity contribution in [3.8, 4) is 0 Å². The van der Waals surface area contributed by atoms with Crippen molar-refractivity contribution < 1.29 is 0 Å². The number of thiophene rings is 1. The first-order valence-electron chi connectivity index (χ1n) is 7.65. The molecule has 1 fully saturated rings. The van der Waals surface area contributed by atoms with Crippen molar-refractivity contribution in [2.75, 3.05) is 20.1 Å². The molecule has 1 saturated heterocycles. The number of likely N-dealkylation sites (N-methyl/N-ethyl adjacent to an activating group) is 1. The van der Waals surface area contributed by atoms with Gasteiger partial charge in [0, 0.05) is 10.4 Å². The monoisotopic (exact) mass is 280 g/mol. The van der Waals surface area contributed by atoms with E-state index in [-0.39, 0.29) is 5.54 Å². The van der Waals surface area contributed by atoms with Gasteiger partial charge in [0.2, 0.25) is 0 Å². The van der Waals surface area contributed by atoms with Crippen LogP contribution in [0.4, 0.5) is 0 Å². The van der Waals surface area contributed by atoms with Crippen LogP contribution in [-0.4, -0.2) is 30.6 Å². The van der Waals surface area contributed by atoms with Gasteiger partial charge in [0.05, 0.1) is 6.04 Å². The number of hydrogen-bond donors (Lipinski definition) is 1. The second kappa shape index (κ2) is 6.38. The van der Waals surface area contributed by atoms with Crippen LogP contribution in [-0.2, 0) is 0 Å². The fourth-order valence-corrected chi connectivity index (χ4v) is 4.54. The third-order valence-electron chi connectivity index (χ3n) is 4.87. The van der Waals surface area contributed by atoms with Gasteiger partial charge in [-0.25, -0.2) is 0 Å². The molecule has 19 heavy (non-hydrogen) atoms. The van der Waals surface area contributed by atoms with Crippen molar-refractivity contribution >= 4 is 11.3 Å². The van der Waals surface area contributed by atoms with Crippen LogP contribution >= 0.6 is 11.3 Å². The Morgan fingerprint density at radius 2 is 1.95 bits per heavy atom. The number of hydrogen-bond acceptors (Lipinski definition) is 3. The van der Waals surface area contributed by atoms with Crippen molar-refractivity contribution in [3.05, 3.63) is 21.9 Å². The first-order valence-corrected chi connectivity index (χ1v) is 8.53. The maximum absolute atomic E-state index is 3.62. The quantitative estimate of drug-likeness (QED) is 0.848. The number of nitrogens with zero attached hydrogens (tertiary/aromatic N) is 1. The lowest BCUT2D eigenvalue weighted by atomic mass is 9.80. The Morgan fingerprint density at radius 3 is 2.37 bits per heavy atom. The Labute approximate surface area is 122 Å². The Kier molecular flexibility index (Phi) is 5.04. The minimum Gasteiger partial charge on any atom is -0.311 e. The third kappa shape index (κ3) is 2.74. The summed E-state index contributed by atoms with van der Waals surface area (Å²) in [5.74, 6) is 0. The molecule has 1 aromatic heterocycles. The summed E-state index contributed by atoms with van der Waals surface area (Å²) in [6, 6.07) is 2.81. The lowest BCUT2D eigenvalue weighted by Crippen LogP contribution is -2.54. The lowest BCUT2D eigenvalue weighted by Gasteiger charge is -2.46. The van der Waals surface area contributed by atoms with Gasteiger partial charge in [-0.05, 0) is 69.8 Å². The maximum Gasteiger partial charge on any atom is 0.0512 e. The Balaban J connectivity index is 2.34. The maximum atomic E-state index is 3.62. The summed E-state index contributed by atoms with van der Waals surface area (Å²) < 4.78 is 0. The van der Waals surface area contributed by atoms with E-state index >= 15 is 0 Å². The number of rotatable bonds is 6. The molecule has 0 aromatic carbocycles. The first-order chi connectivity index (χ1) is 9.17. The molecule has 1 atom stereocenters. The molecule has 0 amide bonds. The second-order valence-corrected chi connectivity index (χ2v) is 6.83. The largest absolute Gasteiger partial charge is 0.311 e. The van der Waals surface area contributed by atoms with Gasteiger partial charge in [0.15, 0.2) is 0 Å². The van der Waals surface area contributed by atoms with E-state index in [9.17, 15) is 0 Å². The summed E-state index contributed by atoms with van der Waals surface area (Å²) in [5, 5.41) is 5.96. The SMILES string of the molecule is CCC(CC)(C(NC)c1csc(C)c1)N1CCCC1. The molecule has 3 heteroatoms. The molecular formula is C16H28N2S. The molecule has 2 rings (SSSR count). The second-order valence-electron chi connectivity index (χ2n) is 5.72. The molecule has 1 N–H and O–H groups in total. The summed E-state index contributed by atoms with van der Waals surface area (Å²) in [6.45, 7) is 9.44. The van der Waals surface area contributed by atoms with Gasteiger partial charge in [0.25, 0.3) is 0 Å². The highest BCUT2D eigenvalue weighted by Gasteiger charge is 2.42. The standard InChI is InChI=1S/C16H28N2S/c1-5-16(6-2,18-9-7-8-10-18)15(17-4)14-11-13(3)19-12-14/h11-12,15,17H,5-10H2,1-4H3. The fraction of sp³-hybridized carbons (Fsp3) is 0.750. The van der Waals surface area contributed by atoms with Crippen LogP contribution in [0.3, 0.4) is 0 Å². The van der Waals surface area contributed by atoms with Crippen molar-refractivity contribution in [3.63, 3.8) is 0 Å². The van der Waals surface area contributed by atoms with Gasteiger partial charge in [0.1, 0.15) is 0 Å². The molecule has 0 spiro atoms. The predicted molar refractivity (Wildman–Crippen MR) is 85.0 cm³/mol. The minimum atomic E-state index is 0.277. The zero-order valence-electron chi connectivity index (χ0n) is 12.8. The Morgan fingerprint density at radius 1 is 1.32 bits per heavy atom. The third-order valence-corrected chi connectivity index (χ3v) is 5.75. The summed E-state index contributed by atoms with van der Waals surface area (Å²) >= 11 is 1.87. The van der Waals surface area contributed by atoms with E-state index in [1.54, 1.807) is 0 Å². The van der Waals surface area contributed by atoms with Crippen molar-refractivity contribution in [1.29, 1.82) is 0 Å². The highest BCUT2D eigenvalue weighted by atomic mass is 32.1. The van der Waals surface area contributed by atoms with Crippen LogP contribution in [0, 0.1) is 6.92 Å². The minimum absolute atomic E-state index is 0.277. The van der Waals surface area contributed by atoms with Crippen LogP contribution in [0.1, 0.15) is 56.0 Å². The molecule has 0 radical (unpaired) electrons. The van der Waals surface area contributed by atoms with E-state index in [2.05, 4.69) is 49.5 Å². The van der Waals surface area contributed by atoms with Gasteiger partial charge in [-0.2, -0.15) is 0 Å². The lowest BCUT2D eigenvalue weighted by molar-refractivity contribution is 0.0648. The number of aryl methyl sites for hydroxylation is 1. The molecule has 1 unspecified atom stereocenters. The molecule has 1 aliphatic heterocycles. The van der Waals surface area contributed by atoms with Gasteiger partial charge in [-0.15, -0.1) is 11.3 Å². The number of likely N-dealkylation sites (tertiary alicyclic amines) is 1. The van der Waals surface area contributed by atoms with Crippen molar-refractivity contribution in [1.82, 2.24) is 10.2 Å². The van der Waals surface area contributed by atoms with Gasteiger partial charge >= 0.3 is 0 Å². The van der Waals surface area contributed by atoms with Crippen LogP contribution in [0.25, 0.3) is 0 Å². The van der Waals surface area contributed by atoms with Gasteiger partial charge in [-0.1, -0.05) is 13.8 Å². The summed E-state index contributed by atoms with van der Waals surface area (Å²) in [6.07, 6.45) is 5.15.